The lowest BCUT2D eigenvalue weighted by Gasteiger charge is -2.17. The van der Waals surface area contributed by atoms with Crippen LogP contribution in [0.25, 0.3) is 0 Å². The highest BCUT2D eigenvalue weighted by Crippen LogP contribution is 2.32. The maximum absolute atomic E-state index is 13.8. The van der Waals surface area contributed by atoms with E-state index < -0.39 is 11.6 Å². The molecular formula is C14H15BrF2N4. The number of benzene rings is 1. The highest BCUT2D eigenvalue weighted by atomic mass is 79.9. The topological polar surface area (TPSA) is 49.8 Å². The van der Waals surface area contributed by atoms with Crippen LogP contribution in [0.2, 0.25) is 0 Å². The van der Waals surface area contributed by atoms with Crippen molar-refractivity contribution in [1.82, 2.24) is 9.97 Å². The molecule has 0 fully saturated rings. The second-order valence-electron chi connectivity index (χ2n) is 4.76. The second kappa shape index (κ2) is 6.34. The van der Waals surface area contributed by atoms with Crippen LogP contribution in [0, 0.1) is 11.6 Å². The van der Waals surface area contributed by atoms with Crippen LogP contribution in [0.15, 0.2) is 22.9 Å². The van der Waals surface area contributed by atoms with Crippen LogP contribution in [-0.4, -0.2) is 17.0 Å². The van der Waals surface area contributed by atoms with Gasteiger partial charge in [-0.25, -0.2) is 18.7 Å². The minimum Gasteiger partial charge on any atom is -0.373 e. The molecule has 1 aromatic carbocycles. The zero-order valence-electron chi connectivity index (χ0n) is 11.8. The molecule has 0 atom stereocenters. The number of halogens is 3. The average Bonchev–Trinajstić information content (AvgIpc) is 2.44. The van der Waals surface area contributed by atoms with Crippen LogP contribution in [0.1, 0.15) is 25.3 Å². The van der Waals surface area contributed by atoms with Crippen molar-refractivity contribution in [1.29, 1.82) is 0 Å². The molecule has 21 heavy (non-hydrogen) atoms. The normalized spacial score (nSPS) is 10.8. The fraction of sp³-hybridized carbons (Fsp3) is 0.286. The Morgan fingerprint density at radius 3 is 2.38 bits per heavy atom. The largest absolute Gasteiger partial charge is 0.373 e. The van der Waals surface area contributed by atoms with E-state index in [1.54, 1.807) is 7.05 Å². The molecule has 2 rings (SSSR count). The quantitative estimate of drug-likeness (QED) is 0.795. The lowest BCUT2D eigenvalue weighted by Crippen LogP contribution is -2.07. The Morgan fingerprint density at radius 2 is 1.76 bits per heavy atom. The molecule has 2 aromatic rings. The number of nitrogens with one attached hydrogen (secondary N) is 2. The monoisotopic (exact) mass is 356 g/mol. The van der Waals surface area contributed by atoms with Gasteiger partial charge in [0.05, 0.1) is 10.2 Å². The molecular weight excluding hydrogens is 342 g/mol. The van der Waals surface area contributed by atoms with E-state index in [0.717, 1.165) is 11.6 Å². The van der Waals surface area contributed by atoms with Gasteiger partial charge in [0.25, 0.3) is 0 Å². The van der Waals surface area contributed by atoms with Gasteiger partial charge >= 0.3 is 0 Å². The maximum atomic E-state index is 13.8. The molecule has 0 aliphatic rings. The van der Waals surface area contributed by atoms with E-state index in [4.69, 9.17) is 0 Å². The molecule has 1 heterocycles. The van der Waals surface area contributed by atoms with Crippen LogP contribution < -0.4 is 10.6 Å². The van der Waals surface area contributed by atoms with Gasteiger partial charge in [-0.1, -0.05) is 13.8 Å². The minimum atomic E-state index is -0.685. The summed E-state index contributed by atoms with van der Waals surface area (Å²) in [5.74, 6) is -0.0512. The predicted octanol–water partition coefficient (Wildman–Crippen LogP) is 4.43. The molecule has 0 aliphatic carbocycles. The lowest BCUT2D eigenvalue weighted by atomic mass is 10.0. The summed E-state index contributed by atoms with van der Waals surface area (Å²) >= 11 is 3.04. The van der Waals surface area contributed by atoms with Gasteiger partial charge in [0.1, 0.15) is 29.6 Å². The molecule has 0 saturated heterocycles. The van der Waals surface area contributed by atoms with E-state index in [0.29, 0.717) is 11.6 Å². The minimum absolute atomic E-state index is 0.128. The number of nitrogens with zero attached hydrogens (tertiary/aromatic N) is 2. The van der Waals surface area contributed by atoms with E-state index in [9.17, 15) is 8.78 Å². The van der Waals surface area contributed by atoms with Crippen molar-refractivity contribution in [2.24, 2.45) is 0 Å². The standard InChI is InChI=1S/C14H15BrF2N4/c1-7(2)12-13(18-3)19-6-20-14(12)21-11-4-8(15)9(16)5-10(11)17/h4-7H,1-3H3,(H2,18,19,20,21). The highest BCUT2D eigenvalue weighted by molar-refractivity contribution is 9.10. The van der Waals surface area contributed by atoms with E-state index in [1.807, 2.05) is 13.8 Å². The molecule has 1 aromatic heterocycles. The summed E-state index contributed by atoms with van der Waals surface area (Å²) in [4.78, 5) is 8.31. The summed E-state index contributed by atoms with van der Waals surface area (Å²) in [6.45, 7) is 3.98. The van der Waals surface area contributed by atoms with Crippen LogP contribution in [0.4, 0.5) is 26.1 Å². The van der Waals surface area contributed by atoms with Gasteiger partial charge in [0, 0.05) is 18.7 Å². The van der Waals surface area contributed by atoms with Gasteiger partial charge in [0.15, 0.2) is 0 Å². The molecule has 7 heteroatoms. The number of hydrogen-bond acceptors (Lipinski definition) is 4. The van der Waals surface area contributed by atoms with Crippen LogP contribution in [-0.2, 0) is 0 Å². The fourth-order valence-electron chi connectivity index (χ4n) is 1.99. The first-order valence-corrected chi connectivity index (χ1v) is 7.17. The van der Waals surface area contributed by atoms with Crippen molar-refractivity contribution in [2.45, 2.75) is 19.8 Å². The van der Waals surface area contributed by atoms with Crippen molar-refractivity contribution in [3.8, 4) is 0 Å². The van der Waals surface area contributed by atoms with Crippen molar-refractivity contribution in [3.05, 3.63) is 40.1 Å². The maximum Gasteiger partial charge on any atom is 0.149 e. The Morgan fingerprint density at radius 1 is 1.10 bits per heavy atom. The molecule has 0 amide bonds. The van der Waals surface area contributed by atoms with Gasteiger partial charge in [-0.2, -0.15) is 0 Å². The fourth-order valence-corrected chi connectivity index (χ4v) is 2.33. The Balaban J connectivity index is 2.47. The molecule has 0 radical (unpaired) electrons. The molecule has 2 N–H and O–H groups in total. The third-order valence-electron chi connectivity index (χ3n) is 2.96. The van der Waals surface area contributed by atoms with Crippen LogP contribution in [0.3, 0.4) is 0 Å². The van der Waals surface area contributed by atoms with Crippen molar-refractivity contribution >= 4 is 33.3 Å². The average molecular weight is 357 g/mol. The summed E-state index contributed by atoms with van der Waals surface area (Å²) < 4.78 is 27.3. The second-order valence-corrected chi connectivity index (χ2v) is 5.61. The number of rotatable bonds is 4. The van der Waals surface area contributed by atoms with Gasteiger partial charge in [-0.15, -0.1) is 0 Å². The first kappa shape index (κ1) is 15.6. The molecule has 0 bridgehead atoms. The number of anilines is 3. The Hall–Kier alpha value is -1.76. The molecule has 0 saturated carbocycles. The van der Waals surface area contributed by atoms with E-state index in [2.05, 4.69) is 36.5 Å². The summed E-state index contributed by atoms with van der Waals surface area (Å²) in [7, 11) is 1.76. The number of aromatic nitrogens is 2. The third-order valence-corrected chi connectivity index (χ3v) is 3.57. The smallest absolute Gasteiger partial charge is 0.149 e. The van der Waals surface area contributed by atoms with Gasteiger partial charge < -0.3 is 10.6 Å². The van der Waals surface area contributed by atoms with Crippen LogP contribution >= 0.6 is 15.9 Å². The van der Waals surface area contributed by atoms with E-state index in [1.165, 1.54) is 12.4 Å². The molecule has 0 aliphatic heterocycles. The van der Waals surface area contributed by atoms with Crippen molar-refractivity contribution < 1.29 is 8.78 Å². The van der Waals surface area contributed by atoms with Gasteiger partial charge in [-0.3, -0.25) is 0 Å². The third kappa shape index (κ3) is 3.29. The summed E-state index contributed by atoms with van der Waals surface area (Å²) in [5, 5.41) is 5.89. The Kier molecular flexibility index (Phi) is 4.72. The number of hydrogen-bond donors (Lipinski definition) is 2. The zero-order chi connectivity index (χ0) is 15.6. The predicted molar refractivity (Wildman–Crippen MR) is 83.0 cm³/mol. The van der Waals surface area contributed by atoms with E-state index >= 15 is 0 Å². The lowest BCUT2D eigenvalue weighted by molar-refractivity contribution is 0.581. The van der Waals surface area contributed by atoms with Crippen molar-refractivity contribution in [2.75, 3.05) is 17.7 Å². The molecule has 0 spiro atoms. The summed E-state index contributed by atoms with van der Waals surface area (Å²) in [6.07, 6.45) is 1.39. The Bertz CT molecular complexity index is 662. The van der Waals surface area contributed by atoms with E-state index in [-0.39, 0.29) is 16.1 Å². The molecule has 4 nitrogen and oxygen atoms in total. The van der Waals surface area contributed by atoms with Gasteiger partial charge in [0.2, 0.25) is 0 Å². The highest BCUT2D eigenvalue weighted by Gasteiger charge is 2.16. The molecule has 0 unspecified atom stereocenters. The first-order chi connectivity index (χ1) is 9.93. The zero-order valence-corrected chi connectivity index (χ0v) is 13.4. The van der Waals surface area contributed by atoms with Gasteiger partial charge in [-0.05, 0) is 27.9 Å². The summed E-state index contributed by atoms with van der Waals surface area (Å²) in [5.41, 5.74) is 0.978. The Labute approximate surface area is 130 Å². The van der Waals surface area contributed by atoms with Crippen molar-refractivity contribution in [3.63, 3.8) is 0 Å². The SMILES string of the molecule is CNc1ncnc(Nc2cc(Br)c(F)cc2F)c1C(C)C. The first-order valence-electron chi connectivity index (χ1n) is 6.38. The molecule has 112 valence electrons. The summed E-state index contributed by atoms with van der Waals surface area (Å²) in [6, 6.07) is 2.16. The van der Waals surface area contributed by atoms with Crippen LogP contribution in [0.5, 0.6) is 0 Å².